The van der Waals surface area contributed by atoms with E-state index in [1.54, 1.807) is 20.8 Å². The Hall–Kier alpha value is -1.26. The van der Waals surface area contributed by atoms with Crippen molar-refractivity contribution in [1.82, 2.24) is 10.6 Å². The summed E-state index contributed by atoms with van der Waals surface area (Å²) in [4.78, 5) is 22.9. The molecule has 0 aromatic heterocycles. The van der Waals surface area contributed by atoms with Crippen molar-refractivity contribution in [3.63, 3.8) is 0 Å². The molecule has 5 heteroatoms. The normalized spacial score (nSPS) is 19.6. The lowest BCUT2D eigenvalue weighted by Crippen LogP contribution is -2.54. The molecule has 18 heavy (non-hydrogen) atoms. The SMILES string of the molecule is CC(NC(=O)N[C@H](C(=O)O)C(C)(C)C)C1CCC1. The Bertz CT molecular complexity index is 319. The first kappa shape index (κ1) is 14.8. The average molecular weight is 256 g/mol. The smallest absolute Gasteiger partial charge is 0.326 e. The third kappa shape index (κ3) is 3.89. The minimum absolute atomic E-state index is 0.105. The first-order chi connectivity index (χ1) is 8.21. The van der Waals surface area contributed by atoms with E-state index in [4.69, 9.17) is 5.11 Å². The molecule has 0 heterocycles. The maximum absolute atomic E-state index is 11.8. The summed E-state index contributed by atoms with van der Waals surface area (Å²) < 4.78 is 0. The molecule has 0 spiro atoms. The molecule has 0 aliphatic heterocycles. The quantitative estimate of drug-likeness (QED) is 0.719. The van der Waals surface area contributed by atoms with E-state index in [0.29, 0.717) is 5.92 Å². The van der Waals surface area contributed by atoms with Crippen molar-refractivity contribution in [2.45, 2.75) is 59.0 Å². The Morgan fingerprint density at radius 1 is 1.22 bits per heavy atom. The number of hydrogen-bond donors (Lipinski definition) is 3. The molecule has 0 aromatic carbocycles. The average Bonchev–Trinajstić information content (AvgIpc) is 2.08. The topological polar surface area (TPSA) is 78.4 Å². The van der Waals surface area contributed by atoms with Crippen molar-refractivity contribution < 1.29 is 14.7 Å². The Morgan fingerprint density at radius 2 is 1.78 bits per heavy atom. The van der Waals surface area contributed by atoms with Crippen LogP contribution in [-0.2, 0) is 4.79 Å². The Kier molecular flexibility index (Phi) is 4.59. The minimum Gasteiger partial charge on any atom is -0.480 e. The molecule has 104 valence electrons. The molecule has 1 aliphatic rings. The van der Waals surface area contributed by atoms with Crippen LogP contribution in [0, 0.1) is 11.3 Å². The van der Waals surface area contributed by atoms with Gasteiger partial charge in [0.1, 0.15) is 6.04 Å². The van der Waals surface area contributed by atoms with E-state index >= 15 is 0 Å². The summed E-state index contributed by atoms with van der Waals surface area (Å²) in [5, 5.41) is 14.5. The molecular weight excluding hydrogens is 232 g/mol. The predicted octanol–water partition coefficient (Wildman–Crippen LogP) is 1.97. The number of amides is 2. The number of hydrogen-bond acceptors (Lipinski definition) is 2. The fourth-order valence-electron chi connectivity index (χ4n) is 2.09. The van der Waals surface area contributed by atoms with Gasteiger partial charge in [-0.15, -0.1) is 0 Å². The van der Waals surface area contributed by atoms with E-state index in [9.17, 15) is 9.59 Å². The van der Waals surface area contributed by atoms with Crippen molar-refractivity contribution in [2.24, 2.45) is 11.3 Å². The van der Waals surface area contributed by atoms with Crippen molar-refractivity contribution >= 4 is 12.0 Å². The van der Waals surface area contributed by atoms with Crippen LogP contribution in [0.15, 0.2) is 0 Å². The van der Waals surface area contributed by atoms with E-state index in [1.807, 2.05) is 6.92 Å². The fourth-order valence-corrected chi connectivity index (χ4v) is 2.09. The van der Waals surface area contributed by atoms with Crippen molar-refractivity contribution in [2.75, 3.05) is 0 Å². The summed E-state index contributed by atoms with van der Waals surface area (Å²) in [6, 6.07) is -1.17. The summed E-state index contributed by atoms with van der Waals surface area (Å²) in [5.74, 6) is -0.470. The number of carbonyl (C=O) groups excluding carboxylic acids is 1. The molecule has 1 unspecified atom stereocenters. The van der Waals surface area contributed by atoms with Crippen LogP contribution in [0.3, 0.4) is 0 Å². The monoisotopic (exact) mass is 256 g/mol. The summed E-state index contributed by atoms with van der Waals surface area (Å²) >= 11 is 0. The van der Waals surface area contributed by atoms with Gasteiger partial charge in [0.05, 0.1) is 0 Å². The molecule has 0 bridgehead atoms. The van der Waals surface area contributed by atoms with Gasteiger partial charge in [0, 0.05) is 6.04 Å². The third-order valence-electron chi connectivity index (χ3n) is 3.60. The Labute approximate surface area is 108 Å². The number of rotatable bonds is 4. The van der Waals surface area contributed by atoms with Gasteiger partial charge in [-0.05, 0) is 31.1 Å². The number of urea groups is 1. The standard InChI is InChI=1S/C13H24N2O3/c1-8(9-6-5-7-9)14-12(18)15-10(11(16)17)13(2,3)4/h8-10H,5-7H2,1-4H3,(H,16,17)(H2,14,15,18)/t8?,10-/m1/s1. The van der Waals surface area contributed by atoms with Crippen LogP contribution in [-0.4, -0.2) is 29.2 Å². The summed E-state index contributed by atoms with van der Waals surface area (Å²) in [5.41, 5.74) is -0.511. The minimum atomic E-state index is -1.01. The zero-order valence-electron chi connectivity index (χ0n) is 11.6. The molecule has 0 saturated heterocycles. The molecule has 2 amide bonds. The Morgan fingerprint density at radius 3 is 2.11 bits per heavy atom. The van der Waals surface area contributed by atoms with Gasteiger partial charge in [-0.3, -0.25) is 0 Å². The van der Waals surface area contributed by atoms with Gasteiger partial charge < -0.3 is 15.7 Å². The summed E-state index contributed by atoms with van der Waals surface area (Å²) in [6.45, 7) is 7.35. The van der Waals surface area contributed by atoms with E-state index in [1.165, 1.54) is 6.42 Å². The molecule has 1 saturated carbocycles. The maximum Gasteiger partial charge on any atom is 0.326 e. The molecule has 0 radical (unpaired) electrons. The van der Waals surface area contributed by atoms with Crippen molar-refractivity contribution in [3.05, 3.63) is 0 Å². The van der Waals surface area contributed by atoms with Gasteiger partial charge in [-0.2, -0.15) is 0 Å². The molecule has 2 atom stereocenters. The first-order valence-corrected chi connectivity index (χ1v) is 6.51. The number of carboxylic acids is 1. The fraction of sp³-hybridized carbons (Fsp3) is 0.846. The van der Waals surface area contributed by atoms with Crippen LogP contribution < -0.4 is 10.6 Å². The summed E-state index contributed by atoms with van der Waals surface area (Å²) in [6.07, 6.45) is 3.50. The maximum atomic E-state index is 11.8. The highest BCUT2D eigenvalue weighted by atomic mass is 16.4. The Balaban J connectivity index is 2.48. The highest BCUT2D eigenvalue weighted by Gasteiger charge is 2.33. The number of carboxylic acid groups (broad SMARTS) is 1. The second-order valence-corrected chi connectivity index (χ2v) is 6.23. The lowest BCUT2D eigenvalue weighted by Gasteiger charge is -2.33. The second-order valence-electron chi connectivity index (χ2n) is 6.23. The highest BCUT2D eigenvalue weighted by molar-refractivity contribution is 5.83. The van der Waals surface area contributed by atoms with E-state index in [0.717, 1.165) is 12.8 Å². The molecule has 5 nitrogen and oxygen atoms in total. The van der Waals surface area contributed by atoms with Gasteiger partial charge in [0.15, 0.2) is 0 Å². The van der Waals surface area contributed by atoms with E-state index in [-0.39, 0.29) is 6.04 Å². The number of aliphatic carboxylic acids is 1. The molecule has 1 rings (SSSR count). The van der Waals surface area contributed by atoms with Crippen molar-refractivity contribution in [3.8, 4) is 0 Å². The van der Waals surface area contributed by atoms with Gasteiger partial charge >= 0.3 is 12.0 Å². The molecule has 3 N–H and O–H groups in total. The lowest BCUT2D eigenvalue weighted by molar-refractivity contribution is -0.141. The largest absolute Gasteiger partial charge is 0.480 e. The number of nitrogens with one attached hydrogen (secondary N) is 2. The van der Waals surface area contributed by atoms with Gasteiger partial charge in [-0.25, -0.2) is 9.59 Å². The van der Waals surface area contributed by atoms with Crippen LogP contribution in [0.1, 0.15) is 47.0 Å². The van der Waals surface area contributed by atoms with E-state index in [2.05, 4.69) is 10.6 Å². The zero-order valence-corrected chi connectivity index (χ0v) is 11.6. The lowest BCUT2D eigenvalue weighted by atomic mass is 9.80. The number of carbonyl (C=O) groups is 2. The first-order valence-electron chi connectivity index (χ1n) is 6.51. The van der Waals surface area contributed by atoms with Crippen LogP contribution in [0.5, 0.6) is 0 Å². The highest BCUT2D eigenvalue weighted by Crippen LogP contribution is 2.29. The molecule has 1 aliphatic carbocycles. The second kappa shape index (κ2) is 5.59. The van der Waals surface area contributed by atoms with E-state index < -0.39 is 23.5 Å². The van der Waals surface area contributed by atoms with Gasteiger partial charge in [0.25, 0.3) is 0 Å². The van der Waals surface area contributed by atoms with Crippen LogP contribution in [0.25, 0.3) is 0 Å². The van der Waals surface area contributed by atoms with Crippen LogP contribution in [0.4, 0.5) is 4.79 Å². The molecule has 0 aromatic rings. The van der Waals surface area contributed by atoms with Crippen LogP contribution >= 0.6 is 0 Å². The molecule has 1 fully saturated rings. The van der Waals surface area contributed by atoms with Crippen LogP contribution in [0.2, 0.25) is 0 Å². The molecular formula is C13H24N2O3. The predicted molar refractivity (Wildman–Crippen MR) is 69.3 cm³/mol. The summed E-state index contributed by atoms with van der Waals surface area (Å²) in [7, 11) is 0. The van der Waals surface area contributed by atoms with Gasteiger partial charge in [-0.1, -0.05) is 27.2 Å². The van der Waals surface area contributed by atoms with Crippen molar-refractivity contribution in [1.29, 1.82) is 0 Å². The van der Waals surface area contributed by atoms with Gasteiger partial charge in [0.2, 0.25) is 0 Å². The zero-order chi connectivity index (χ0) is 13.9. The third-order valence-corrected chi connectivity index (χ3v) is 3.60.